The molecular weight excluding hydrogens is 378 g/mol. The van der Waals surface area contributed by atoms with Crippen molar-refractivity contribution in [3.05, 3.63) is 115 Å². The summed E-state index contributed by atoms with van der Waals surface area (Å²) in [5.41, 5.74) is 5.87. The third-order valence-electron chi connectivity index (χ3n) is 6.16. The molecule has 0 bridgehead atoms. The molecule has 0 spiro atoms. The summed E-state index contributed by atoms with van der Waals surface area (Å²) in [5, 5.41) is 0. The second kappa shape index (κ2) is 9.80. The molecule has 3 aromatic rings. The van der Waals surface area contributed by atoms with Crippen molar-refractivity contribution in [3.63, 3.8) is 0 Å². The van der Waals surface area contributed by atoms with E-state index in [2.05, 4.69) is 110 Å². The molecule has 0 aliphatic heterocycles. The van der Waals surface area contributed by atoms with Gasteiger partial charge in [-0.1, -0.05) is 54.6 Å². The lowest BCUT2D eigenvalue weighted by Gasteiger charge is -2.26. The average Bonchev–Trinajstić information content (AvgIpc) is 3.22. The Hall–Kier alpha value is -3.10. The van der Waals surface area contributed by atoms with Crippen LogP contribution in [0.3, 0.4) is 0 Å². The lowest BCUT2D eigenvalue weighted by atomic mass is 10.0. The van der Waals surface area contributed by atoms with Crippen molar-refractivity contribution in [1.82, 2.24) is 0 Å². The number of rotatable bonds is 8. The number of hydrogen-bond acceptors (Lipinski definition) is 2. The van der Waals surface area contributed by atoms with Crippen LogP contribution in [0.2, 0.25) is 0 Å². The maximum atomic E-state index is 6.28. The molecule has 0 heterocycles. The fourth-order valence-corrected chi connectivity index (χ4v) is 4.44. The van der Waals surface area contributed by atoms with Gasteiger partial charge in [0.15, 0.2) is 0 Å². The SMILES string of the molecule is C=CC1CC(C=C)C(OCc2ccc(N(c3ccccc3)c3cccc(C)c3)cc2)C1. The van der Waals surface area contributed by atoms with E-state index in [9.17, 15) is 0 Å². The molecule has 3 atom stereocenters. The van der Waals surface area contributed by atoms with E-state index in [1.807, 2.05) is 6.08 Å². The van der Waals surface area contributed by atoms with Crippen LogP contribution in [0.15, 0.2) is 104 Å². The Morgan fingerprint density at radius 3 is 2.23 bits per heavy atom. The highest BCUT2D eigenvalue weighted by molar-refractivity contribution is 5.76. The largest absolute Gasteiger partial charge is 0.373 e. The first-order valence-electron chi connectivity index (χ1n) is 11.1. The Morgan fingerprint density at radius 2 is 1.55 bits per heavy atom. The van der Waals surface area contributed by atoms with Gasteiger partial charge in [0.25, 0.3) is 0 Å². The highest BCUT2D eigenvalue weighted by Crippen LogP contribution is 2.36. The first kappa shape index (κ1) is 21.1. The van der Waals surface area contributed by atoms with Crippen LogP contribution in [0.25, 0.3) is 0 Å². The Balaban J connectivity index is 1.52. The zero-order chi connectivity index (χ0) is 21.6. The number of benzene rings is 3. The van der Waals surface area contributed by atoms with Gasteiger partial charge in [-0.25, -0.2) is 0 Å². The monoisotopic (exact) mass is 409 g/mol. The summed E-state index contributed by atoms with van der Waals surface area (Å²) in [6.07, 6.45) is 6.45. The predicted molar refractivity (Wildman–Crippen MR) is 131 cm³/mol. The van der Waals surface area contributed by atoms with Crippen molar-refractivity contribution in [2.24, 2.45) is 11.8 Å². The third-order valence-corrected chi connectivity index (χ3v) is 6.16. The molecule has 0 amide bonds. The summed E-state index contributed by atoms with van der Waals surface area (Å²) < 4.78 is 6.28. The van der Waals surface area contributed by atoms with E-state index in [4.69, 9.17) is 4.74 Å². The summed E-state index contributed by atoms with van der Waals surface area (Å²) in [6, 6.07) is 27.8. The normalized spacial score (nSPS) is 20.4. The van der Waals surface area contributed by atoms with E-state index in [1.54, 1.807) is 0 Å². The first-order chi connectivity index (χ1) is 15.2. The van der Waals surface area contributed by atoms with Gasteiger partial charge < -0.3 is 9.64 Å². The maximum absolute atomic E-state index is 6.28. The van der Waals surface area contributed by atoms with Crippen molar-refractivity contribution < 1.29 is 4.74 Å². The number of ether oxygens (including phenoxy) is 1. The molecule has 0 aromatic heterocycles. The van der Waals surface area contributed by atoms with E-state index in [0.717, 1.165) is 29.9 Å². The van der Waals surface area contributed by atoms with Crippen molar-refractivity contribution >= 4 is 17.1 Å². The average molecular weight is 410 g/mol. The number of para-hydroxylation sites is 1. The van der Waals surface area contributed by atoms with Crippen LogP contribution in [-0.4, -0.2) is 6.10 Å². The van der Waals surface area contributed by atoms with Gasteiger partial charge in [0.1, 0.15) is 0 Å². The fourth-order valence-electron chi connectivity index (χ4n) is 4.44. The molecule has 1 fully saturated rings. The predicted octanol–water partition coefficient (Wildman–Crippen LogP) is 7.75. The number of hydrogen-bond donors (Lipinski definition) is 0. The molecule has 2 heteroatoms. The maximum Gasteiger partial charge on any atom is 0.0720 e. The van der Waals surface area contributed by atoms with Crippen molar-refractivity contribution in [1.29, 1.82) is 0 Å². The van der Waals surface area contributed by atoms with Gasteiger partial charge in [-0.2, -0.15) is 0 Å². The van der Waals surface area contributed by atoms with E-state index in [0.29, 0.717) is 18.4 Å². The molecule has 1 aliphatic carbocycles. The minimum Gasteiger partial charge on any atom is -0.373 e. The number of aryl methyl sites for hydroxylation is 1. The lowest BCUT2D eigenvalue weighted by molar-refractivity contribution is 0.0264. The Kier molecular flexibility index (Phi) is 6.69. The number of anilines is 3. The molecule has 3 unspecified atom stereocenters. The van der Waals surface area contributed by atoms with Crippen LogP contribution < -0.4 is 4.90 Å². The molecule has 158 valence electrons. The zero-order valence-electron chi connectivity index (χ0n) is 18.3. The highest BCUT2D eigenvalue weighted by atomic mass is 16.5. The number of allylic oxidation sites excluding steroid dienone is 1. The van der Waals surface area contributed by atoms with Crippen molar-refractivity contribution in [2.45, 2.75) is 32.5 Å². The van der Waals surface area contributed by atoms with Crippen molar-refractivity contribution in [2.75, 3.05) is 4.90 Å². The van der Waals surface area contributed by atoms with Gasteiger partial charge in [-0.3, -0.25) is 0 Å². The topological polar surface area (TPSA) is 12.5 Å². The second-order valence-corrected chi connectivity index (χ2v) is 8.39. The van der Waals surface area contributed by atoms with Gasteiger partial charge in [-0.05, 0) is 73.2 Å². The zero-order valence-corrected chi connectivity index (χ0v) is 18.3. The molecule has 2 nitrogen and oxygen atoms in total. The molecule has 1 aliphatic rings. The van der Waals surface area contributed by atoms with Gasteiger partial charge in [0.2, 0.25) is 0 Å². The van der Waals surface area contributed by atoms with Crippen LogP contribution >= 0.6 is 0 Å². The summed E-state index contributed by atoms with van der Waals surface area (Å²) in [7, 11) is 0. The minimum atomic E-state index is 0.230. The van der Waals surface area contributed by atoms with Crippen molar-refractivity contribution in [3.8, 4) is 0 Å². The quantitative estimate of drug-likeness (QED) is 0.353. The second-order valence-electron chi connectivity index (χ2n) is 8.39. The molecule has 0 N–H and O–H groups in total. The van der Waals surface area contributed by atoms with E-state index < -0.39 is 0 Å². The van der Waals surface area contributed by atoms with Gasteiger partial charge in [0, 0.05) is 23.0 Å². The molecule has 1 saturated carbocycles. The van der Waals surface area contributed by atoms with E-state index in [-0.39, 0.29) is 6.10 Å². The third kappa shape index (κ3) is 4.98. The lowest BCUT2D eigenvalue weighted by Crippen LogP contribution is -2.16. The summed E-state index contributed by atoms with van der Waals surface area (Å²) in [6.45, 7) is 10.7. The van der Waals surface area contributed by atoms with Gasteiger partial charge >= 0.3 is 0 Å². The van der Waals surface area contributed by atoms with E-state index >= 15 is 0 Å². The fraction of sp³-hybridized carbons (Fsp3) is 0.241. The van der Waals surface area contributed by atoms with Crippen LogP contribution in [0.1, 0.15) is 24.0 Å². The smallest absolute Gasteiger partial charge is 0.0720 e. The summed E-state index contributed by atoms with van der Waals surface area (Å²) in [5.74, 6) is 0.946. The molecule has 4 rings (SSSR count). The molecule has 3 aromatic carbocycles. The highest BCUT2D eigenvalue weighted by Gasteiger charge is 2.31. The Labute approximate surface area is 186 Å². The molecular formula is C29H31NO. The standard InChI is InChI=1S/C29H31NO/c1-4-23-19-25(5-2)29(20-23)31-21-24-14-16-27(17-15-24)30(26-11-7-6-8-12-26)28-13-9-10-22(3)18-28/h4-18,23,25,29H,1-2,19-21H2,3H3. The van der Waals surface area contributed by atoms with E-state index in [1.165, 1.54) is 11.1 Å². The van der Waals surface area contributed by atoms with Crippen LogP contribution in [0.4, 0.5) is 17.1 Å². The molecule has 0 saturated heterocycles. The molecule has 0 radical (unpaired) electrons. The van der Waals surface area contributed by atoms with Crippen LogP contribution in [-0.2, 0) is 11.3 Å². The van der Waals surface area contributed by atoms with Crippen LogP contribution in [0, 0.1) is 18.8 Å². The molecule has 31 heavy (non-hydrogen) atoms. The summed E-state index contributed by atoms with van der Waals surface area (Å²) in [4.78, 5) is 2.29. The van der Waals surface area contributed by atoms with Gasteiger partial charge in [0.05, 0.1) is 12.7 Å². The summed E-state index contributed by atoms with van der Waals surface area (Å²) >= 11 is 0. The first-order valence-corrected chi connectivity index (χ1v) is 11.1. The van der Waals surface area contributed by atoms with Crippen LogP contribution in [0.5, 0.6) is 0 Å². The Bertz CT molecular complexity index is 1010. The number of nitrogens with zero attached hydrogens (tertiary/aromatic N) is 1. The Morgan fingerprint density at radius 1 is 0.839 bits per heavy atom. The minimum absolute atomic E-state index is 0.230. The van der Waals surface area contributed by atoms with Gasteiger partial charge in [-0.15, -0.1) is 13.2 Å².